The Morgan fingerprint density at radius 2 is 1.83 bits per heavy atom. The van der Waals surface area contributed by atoms with Gasteiger partial charge in [0.25, 0.3) is 0 Å². The number of nitrogens with one attached hydrogen (secondary N) is 1. The average molecular weight is 302 g/mol. The predicted molar refractivity (Wildman–Crippen MR) is 78.4 cm³/mol. The van der Waals surface area contributed by atoms with Crippen LogP contribution in [0.5, 0.6) is 0 Å². The maximum absolute atomic E-state index is 6.02. The maximum Gasteiger partial charge on any atom is 0.132 e. The molecule has 94 valence electrons. The van der Waals surface area contributed by atoms with Gasteiger partial charge in [-0.05, 0) is 36.2 Å². The van der Waals surface area contributed by atoms with Crippen LogP contribution in [-0.2, 0) is 6.42 Å². The van der Waals surface area contributed by atoms with Gasteiger partial charge in [0, 0.05) is 5.69 Å². The highest BCUT2D eigenvalue weighted by atomic mass is 35.5. The summed E-state index contributed by atoms with van der Waals surface area (Å²) >= 11 is 17.9. The summed E-state index contributed by atoms with van der Waals surface area (Å²) in [4.78, 5) is 4.17. The van der Waals surface area contributed by atoms with E-state index in [-0.39, 0.29) is 0 Å². The van der Waals surface area contributed by atoms with Gasteiger partial charge < -0.3 is 5.32 Å². The molecule has 0 aliphatic heterocycles. The molecule has 1 N–H and O–H groups in total. The van der Waals surface area contributed by atoms with E-state index in [2.05, 4.69) is 17.2 Å². The topological polar surface area (TPSA) is 24.9 Å². The van der Waals surface area contributed by atoms with Gasteiger partial charge in [0.15, 0.2) is 0 Å². The summed E-state index contributed by atoms with van der Waals surface area (Å²) < 4.78 is 0. The van der Waals surface area contributed by atoms with Gasteiger partial charge in [0.05, 0.1) is 10.0 Å². The zero-order valence-electron chi connectivity index (χ0n) is 9.67. The molecule has 0 aliphatic carbocycles. The van der Waals surface area contributed by atoms with E-state index in [4.69, 9.17) is 34.8 Å². The van der Waals surface area contributed by atoms with Crippen LogP contribution in [0.1, 0.15) is 12.5 Å². The van der Waals surface area contributed by atoms with Crippen molar-refractivity contribution in [2.75, 3.05) is 5.32 Å². The molecular formula is C13H11Cl3N2. The van der Waals surface area contributed by atoms with Crippen LogP contribution in [0, 0.1) is 0 Å². The van der Waals surface area contributed by atoms with Gasteiger partial charge in [-0.3, -0.25) is 0 Å². The minimum absolute atomic E-state index is 0.443. The van der Waals surface area contributed by atoms with Crippen LogP contribution in [0.4, 0.5) is 11.5 Å². The Hall–Kier alpha value is -0.960. The number of anilines is 2. The second-order valence-corrected chi connectivity index (χ2v) is 4.95. The van der Waals surface area contributed by atoms with E-state index in [1.54, 1.807) is 12.1 Å². The van der Waals surface area contributed by atoms with Crippen molar-refractivity contribution < 1.29 is 0 Å². The van der Waals surface area contributed by atoms with Crippen LogP contribution in [0.3, 0.4) is 0 Å². The molecule has 0 radical (unpaired) electrons. The summed E-state index contributed by atoms with van der Waals surface area (Å²) in [7, 11) is 0. The lowest BCUT2D eigenvalue weighted by atomic mass is 10.1. The first kappa shape index (κ1) is 13.5. The first-order valence-corrected chi connectivity index (χ1v) is 6.61. The van der Waals surface area contributed by atoms with E-state index in [1.807, 2.05) is 18.2 Å². The lowest BCUT2D eigenvalue weighted by Crippen LogP contribution is -1.97. The first-order chi connectivity index (χ1) is 8.60. The zero-order valence-corrected chi connectivity index (χ0v) is 11.9. The Morgan fingerprint density at radius 1 is 1.11 bits per heavy atom. The first-order valence-electron chi connectivity index (χ1n) is 5.47. The third kappa shape index (κ3) is 3.08. The number of benzene rings is 1. The smallest absolute Gasteiger partial charge is 0.132 e. The zero-order chi connectivity index (χ0) is 13.1. The molecule has 18 heavy (non-hydrogen) atoms. The van der Waals surface area contributed by atoms with Gasteiger partial charge in [0.1, 0.15) is 11.0 Å². The second kappa shape index (κ2) is 5.79. The summed E-state index contributed by atoms with van der Waals surface area (Å²) in [6.45, 7) is 2.05. The van der Waals surface area contributed by atoms with Crippen molar-refractivity contribution in [1.82, 2.24) is 4.98 Å². The monoisotopic (exact) mass is 300 g/mol. The summed E-state index contributed by atoms with van der Waals surface area (Å²) in [5, 5.41) is 4.70. The molecule has 0 amide bonds. The van der Waals surface area contributed by atoms with E-state index in [9.17, 15) is 0 Å². The van der Waals surface area contributed by atoms with Gasteiger partial charge in [-0.25, -0.2) is 4.98 Å². The molecule has 0 saturated carbocycles. The minimum atomic E-state index is 0.443. The summed E-state index contributed by atoms with van der Waals surface area (Å²) in [5.74, 6) is 0.676. The van der Waals surface area contributed by atoms with Gasteiger partial charge in [-0.1, -0.05) is 47.8 Å². The molecule has 1 heterocycles. The van der Waals surface area contributed by atoms with Crippen molar-refractivity contribution in [2.24, 2.45) is 0 Å². The molecule has 5 heteroatoms. The summed E-state index contributed by atoms with van der Waals surface area (Å²) in [6, 6.07) is 9.05. The number of pyridine rings is 1. The largest absolute Gasteiger partial charge is 0.340 e. The highest BCUT2D eigenvalue weighted by Crippen LogP contribution is 2.31. The molecule has 0 aliphatic rings. The average Bonchev–Trinajstić information content (AvgIpc) is 2.33. The molecule has 0 fully saturated rings. The molecule has 2 nitrogen and oxygen atoms in total. The molecule has 0 spiro atoms. The van der Waals surface area contributed by atoms with Crippen molar-refractivity contribution in [3.63, 3.8) is 0 Å². The van der Waals surface area contributed by atoms with Gasteiger partial charge in [-0.2, -0.15) is 0 Å². The van der Waals surface area contributed by atoms with E-state index in [0.29, 0.717) is 21.0 Å². The summed E-state index contributed by atoms with van der Waals surface area (Å²) in [5.41, 5.74) is 1.97. The molecule has 2 rings (SSSR count). The fraction of sp³-hybridized carbons (Fsp3) is 0.154. The lowest BCUT2D eigenvalue weighted by molar-refractivity contribution is 1.14. The Bertz CT molecular complexity index is 570. The number of rotatable bonds is 3. The van der Waals surface area contributed by atoms with Crippen molar-refractivity contribution in [3.05, 3.63) is 51.1 Å². The van der Waals surface area contributed by atoms with Crippen LogP contribution in [0.2, 0.25) is 15.2 Å². The third-order valence-electron chi connectivity index (χ3n) is 2.50. The SMILES string of the molecule is CCc1cc(Cl)c(Cl)cc1Nc1cccc(Cl)n1. The van der Waals surface area contributed by atoms with E-state index in [0.717, 1.165) is 17.7 Å². The Kier molecular flexibility index (Phi) is 4.33. The predicted octanol–water partition coefficient (Wildman–Crippen LogP) is 5.35. The Morgan fingerprint density at radius 3 is 2.50 bits per heavy atom. The standard InChI is InChI=1S/C13H11Cl3N2/c1-2-8-6-9(14)10(15)7-11(8)17-13-5-3-4-12(16)18-13/h3-7H,2H2,1H3,(H,17,18). The maximum atomic E-state index is 6.02. The molecule has 0 atom stereocenters. The number of aromatic nitrogens is 1. The van der Waals surface area contributed by atoms with Crippen LogP contribution >= 0.6 is 34.8 Å². The summed E-state index contributed by atoms with van der Waals surface area (Å²) in [6.07, 6.45) is 0.847. The fourth-order valence-electron chi connectivity index (χ4n) is 1.61. The highest BCUT2D eigenvalue weighted by Gasteiger charge is 2.07. The van der Waals surface area contributed by atoms with Crippen LogP contribution < -0.4 is 5.32 Å². The second-order valence-electron chi connectivity index (χ2n) is 3.75. The van der Waals surface area contributed by atoms with Crippen LogP contribution in [-0.4, -0.2) is 4.98 Å². The highest BCUT2D eigenvalue weighted by molar-refractivity contribution is 6.42. The molecule has 1 aromatic heterocycles. The normalized spacial score (nSPS) is 10.4. The van der Waals surface area contributed by atoms with Gasteiger partial charge >= 0.3 is 0 Å². The van der Waals surface area contributed by atoms with Gasteiger partial charge in [-0.15, -0.1) is 0 Å². The van der Waals surface area contributed by atoms with E-state index < -0.39 is 0 Å². The Labute approximate surface area is 121 Å². The number of nitrogens with zero attached hydrogens (tertiary/aromatic N) is 1. The fourth-order valence-corrected chi connectivity index (χ4v) is 2.13. The number of aryl methyl sites for hydroxylation is 1. The Balaban J connectivity index is 2.36. The molecule has 2 aromatic rings. The molecule has 0 bridgehead atoms. The van der Waals surface area contributed by atoms with E-state index >= 15 is 0 Å². The molecule has 0 unspecified atom stereocenters. The van der Waals surface area contributed by atoms with Crippen LogP contribution in [0.25, 0.3) is 0 Å². The molecular weight excluding hydrogens is 291 g/mol. The minimum Gasteiger partial charge on any atom is -0.340 e. The molecule has 0 saturated heterocycles. The van der Waals surface area contributed by atoms with Crippen molar-refractivity contribution in [2.45, 2.75) is 13.3 Å². The van der Waals surface area contributed by atoms with Crippen molar-refractivity contribution in [1.29, 1.82) is 0 Å². The third-order valence-corrected chi connectivity index (χ3v) is 3.44. The van der Waals surface area contributed by atoms with Crippen LogP contribution in [0.15, 0.2) is 30.3 Å². The lowest BCUT2D eigenvalue weighted by Gasteiger charge is -2.12. The quantitative estimate of drug-likeness (QED) is 0.773. The van der Waals surface area contributed by atoms with E-state index in [1.165, 1.54) is 0 Å². The van der Waals surface area contributed by atoms with Gasteiger partial charge in [0.2, 0.25) is 0 Å². The van der Waals surface area contributed by atoms with Crippen molar-refractivity contribution in [3.8, 4) is 0 Å². The number of halogens is 3. The van der Waals surface area contributed by atoms with Crippen molar-refractivity contribution >= 4 is 46.3 Å². The number of hydrogen-bond donors (Lipinski definition) is 1. The number of hydrogen-bond acceptors (Lipinski definition) is 2. The molecule has 1 aromatic carbocycles.